The van der Waals surface area contributed by atoms with Crippen molar-refractivity contribution < 1.29 is 0 Å². The highest BCUT2D eigenvalue weighted by Crippen LogP contribution is 2.51. The molecule has 9 rings (SSSR count). The number of fused-ring (bicyclic) bond motifs is 4. The Kier molecular flexibility index (Phi) is 7.21. The molecule has 8 aromatic rings. The van der Waals surface area contributed by atoms with Gasteiger partial charge in [0.1, 0.15) is 0 Å². The van der Waals surface area contributed by atoms with Crippen LogP contribution in [0.25, 0.3) is 55.3 Å². The van der Waals surface area contributed by atoms with Gasteiger partial charge in [-0.05, 0) is 103 Å². The molecule has 1 aliphatic rings. The van der Waals surface area contributed by atoms with Crippen LogP contribution >= 0.6 is 0 Å². The SMILES string of the molecule is CC1(C)c2ccccc2-c2ccc(N(c3cccc(-c4ccc(-c5ccccc5)cc4)c3)c3cccc(-c4cccc5ccccc45)c3)cc21. The Bertz CT molecular complexity index is 2500. The maximum Gasteiger partial charge on any atom is 0.0467 e. The molecule has 0 aliphatic heterocycles. The first-order valence-electron chi connectivity index (χ1n) is 17.4. The average Bonchev–Trinajstić information content (AvgIpc) is 3.41. The maximum absolute atomic E-state index is 2.43. The molecule has 0 fully saturated rings. The Hall–Kier alpha value is -6.18. The molecule has 0 saturated heterocycles. The van der Waals surface area contributed by atoms with Crippen molar-refractivity contribution in [2.24, 2.45) is 0 Å². The number of benzene rings is 8. The molecule has 0 saturated carbocycles. The molecule has 238 valence electrons. The predicted molar refractivity (Wildman–Crippen MR) is 213 cm³/mol. The van der Waals surface area contributed by atoms with E-state index in [0.717, 1.165) is 17.1 Å². The van der Waals surface area contributed by atoms with Crippen LogP contribution in [0.2, 0.25) is 0 Å². The monoisotopic (exact) mass is 639 g/mol. The summed E-state index contributed by atoms with van der Waals surface area (Å²) >= 11 is 0. The standard InChI is InChI=1S/C49H37N/c1-49(2)47-24-9-8-22-45(47)46-30-29-42(33-48(46)49)50(41-20-11-18-39(32-41)44-23-12-16-37-15-6-7-21-43(37)44)40-19-10-17-38(31-40)36-27-25-35(26-28-36)34-13-4-3-5-14-34/h3-33H,1-2H3. The third-order valence-electron chi connectivity index (χ3n) is 10.5. The number of nitrogens with zero attached hydrogens (tertiary/aromatic N) is 1. The summed E-state index contributed by atoms with van der Waals surface area (Å²) in [6, 6.07) is 68.6. The average molecular weight is 640 g/mol. The molecule has 1 heteroatoms. The molecular weight excluding hydrogens is 603 g/mol. The van der Waals surface area contributed by atoms with Crippen molar-refractivity contribution in [2.75, 3.05) is 4.90 Å². The van der Waals surface area contributed by atoms with E-state index in [0.29, 0.717) is 0 Å². The zero-order chi connectivity index (χ0) is 33.7. The van der Waals surface area contributed by atoms with Gasteiger partial charge < -0.3 is 4.90 Å². The quantitative estimate of drug-likeness (QED) is 0.175. The first kappa shape index (κ1) is 29.9. The Morgan fingerprint density at radius 3 is 1.66 bits per heavy atom. The van der Waals surface area contributed by atoms with Gasteiger partial charge in [0.25, 0.3) is 0 Å². The molecule has 50 heavy (non-hydrogen) atoms. The fraction of sp³-hybridized carbons (Fsp3) is 0.0612. The fourth-order valence-electron chi connectivity index (χ4n) is 7.88. The van der Waals surface area contributed by atoms with Crippen LogP contribution in [0.15, 0.2) is 188 Å². The van der Waals surface area contributed by atoms with Crippen molar-refractivity contribution in [2.45, 2.75) is 19.3 Å². The van der Waals surface area contributed by atoms with Crippen LogP contribution < -0.4 is 4.90 Å². The maximum atomic E-state index is 2.43. The van der Waals surface area contributed by atoms with E-state index in [4.69, 9.17) is 0 Å². The number of rotatable bonds is 6. The van der Waals surface area contributed by atoms with Crippen LogP contribution in [0.3, 0.4) is 0 Å². The molecule has 0 N–H and O–H groups in total. The minimum atomic E-state index is -0.0965. The van der Waals surface area contributed by atoms with E-state index in [9.17, 15) is 0 Å². The third-order valence-corrected chi connectivity index (χ3v) is 10.5. The van der Waals surface area contributed by atoms with Crippen molar-refractivity contribution in [3.63, 3.8) is 0 Å². The Balaban J connectivity index is 1.19. The van der Waals surface area contributed by atoms with Gasteiger partial charge in [0.15, 0.2) is 0 Å². The second-order valence-electron chi connectivity index (χ2n) is 13.8. The van der Waals surface area contributed by atoms with Gasteiger partial charge in [0.2, 0.25) is 0 Å². The van der Waals surface area contributed by atoms with E-state index >= 15 is 0 Å². The van der Waals surface area contributed by atoms with Crippen molar-refractivity contribution in [3.05, 3.63) is 199 Å². The van der Waals surface area contributed by atoms with Gasteiger partial charge in [-0.1, -0.05) is 166 Å². The molecule has 0 aromatic heterocycles. The molecular formula is C49H37N. The summed E-state index contributed by atoms with van der Waals surface area (Å²) in [4.78, 5) is 2.43. The van der Waals surface area contributed by atoms with Gasteiger partial charge >= 0.3 is 0 Å². The van der Waals surface area contributed by atoms with Crippen LogP contribution in [0.1, 0.15) is 25.0 Å². The number of hydrogen-bond donors (Lipinski definition) is 0. The Morgan fingerprint density at radius 1 is 0.340 bits per heavy atom. The largest absolute Gasteiger partial charge is 0.310 e. The lowest BCUT2D eigenvalue weighted by Gasteiger charge is -2.29. The van der Waals surface area contributed by atoms with Crippen LogP contribution in [-0.2, 0) is 5.41 Å². The van der Waals surface area contributed by atoms with Crippen molar-refractivity contribution in [3.8, 4) is 44.5 Å². The van der Waals surface area contributed by atoms with Crippen LogP contribution in [0.4, 0.5) is 17.1 Å². The van der Waals surface area contributed by atoms with E-state index in [2.05, 4.69) is 207 Å². The first-order chi connectivity index (χ1) is 24.5. The minimum absolute atomic E-state index is 0.0965. The normalized spacial score (nSPS) is 12.8. The highest BCUT2D eigenvalue weighted by molar-refractivity contribution is 5.97. The Labute approximate surface area is 294 Å². The molecule has 1 nitrogen and oxygen atoms in total. The molecule has 0 radical (unpaired) electrons. The molecule has 0 heterocycles. The second-order valence-corrected chi connectivity index (χ2v) is 13.8. The smallest absolute Gasteiger partial charge is 0.0467 e. The van der Waals surface area contributed by atoms with Gasteiger partial charge in [0, 0.05) is 22.5 Å². The third kappa shape index (κ3) is 5.11. The van der Waals surface area contributed by atoms with Crippen LogP contribution in [0, 0.1) is 0 Å². The summed E-state index contributed by atoms with van der Waals surface area (Å²) in [5.41, 5.74) is 16.0. The fourth-order valence-corrected chi connectivity index (χ4v) is 7.88. The highest BCUT2D eigenvalue weighted by Gasteiger charge is 2.35. The Morgan fingerprint density at radius 2 is 0.860 bits per heavy atom. The molecule has 0 bridgehead atoms. The predicted octanol–water partition coefficient (Wildman–Crippen LogP) is 13.6. The number of anilines is 3. The molecule has 0 amide bonds. The molecule has 0 unspecified atom stereocenters. The molecule has 0 spiro atoms. The van der Waals surface area contributed by atoms with Crippen molar-refractivity contribution in [1.82, 2.24) is 0 Å². The van der Waals surface area contributed by atoms with E-state index < -0.39 is 0 Å². The summed E-state index contributed by atoms with van der Waals surface area (Å²) in [6.45, 7) is 4.71. The summed E-state index contributed by atoms with van der Waals surface area (Å²) in [6.07, 6.45) is 0. The molecule has 8 aromatic carbocycles. The van der Waals surface area contributed by atoms with E-state index in [-0.39, 0.29) is 5.41 Å². The zero-order valence-electron chi connectivity index (χ0n) is 28.3. The van der Waals surface area contributed by atoms with Gasteiger partial charge in [-0.15, -0.1) is 0 Å². The van der Waals surface area contributed by atoms with Crippen molar-refractivity contribution in [1.29, 1.82) is 0 Å². The summed E-state index contributed by atoms with van der Waals surface area (Å²) in [7, 11) is 0. The lowest BCUT2D eigenvalue weighted by Crippen LogP contribution is -2.16. The lowest BCUT2D eigenvalue weighted by molar-refractivity contribution is 0.660. The zero-order valence-corrected chi connectivity index (χ0v) is 28.3. The number of hydrogen-bond acceptors (Lipinski definition) is 1. The van der Waals surface area contributed by atoms with E-state index in [1.807, 2.05) is 0 Å². The van der Waals surface area contributed by atoms with Gasteiger partial charge in [0.05, 0.1) is 0 Å². The van der Waals surface area contributed by atoms with E-state index in [1.165, 1.54) is 66.4 Å². The van der Waals surface area contributed by atoms with Gasteiger partial charge in [-0.25, -0.2) is 0 Å². The van der Waals surface area contributed by atoms with Crippen LogP contribution in [-0.4, -0.2) is 0 Å². The molecule has 1 aliphatic carbocycles. The summed E-state index contributed by atoms with van der Waals surface area (Å²) < 4.78 is 0. The minimum Gasteiger partial charge on any atom is -0.310 e. The highest BCUT2D eigenvalue weighted by atomic mass is 15.1. The lowest BCUT2D eigenvalue weighted by atomic mass is 9.82. The van der Waals surface area contributed by atoms with E-state index in [1.54, 1.807) is 0 Å². The first-order valence-corrected chi connectivity index (χ1v) is 17.4. The van der Waals surface area contributed by atoms with Gasteiger partial charge in [-0.3, -0.25) is 0 Å². The van der Waals surface area contributed by atoms with Crippen LogP contribution in [0.5, 0.6) is 0 Å². The summed E-state index contributed by atoms with van der Waals surface area (Å²) in [5, 5.41) is 2.51. The summed E-state index contributed by atoms with van der Waals surface area (Å²) in [5.74, 6) is 0. The van der Waals surface area contributed by atoms with Gasteiger partial charge in [-0.2, -0.15) is 0 Å². The van der Waals surface area contributed by atoms with Crippen molar-refractivity contribution >= 4 is 27.8 Å². The molecule has 0 atom stereocenters. The second kappa shape index (κ2) is 12.1. The topological polar surface area (TPSA) is 3.24 Å².